The van der Waals surface area contributed by atoms with Crippen molar-refractivity contribution < 1.29 is 22.7 Å². The van der Waals surface area contributed by atoms with Gasteiger partial charge in [-0.2, -0.15) is 0 Å². The standard InChI is InChI=1S/C26H24ClNO5S/c1-3-18-8-10-20(11-9-18)25(29)17(2)33-26(30)21-12-13-22(27)24(16-21)34(31,32)28-15-14-19-6-4-5-7-23(19)28/h4-13,16-17H,3,14-15H2,1-2H3. The van der Waals surface area contributed by atoms with Crippen LogP contribution in [0.25, 0.3) is 0 Å². The van der Waals surface area contributed by atoms with E-state index in [1.165, 1.54) is 29.4 Å². The molecule has 0 aliphatic carbocycles. The van der Waals surface area contributed by atoms with Gasteiger partial charge in [-0.1, -0.05) is 61.0 Å². The van der Waals surface area contributed by atoms with E-state index in [1.54, 1.807) is 24.3 Å². The predicted octanol–water partition coefficient (Wildman–Crippen LogP) is 5.08. The lowest BCUT2D eigenvalue weighted by molar-refractivity contribution is 0.0318. The summed E-state index contributed by atoms with van der Waals surface area (Å²) in [5.41, 5.74) is 3.05. The van der Waals surface area contributed by atoms with E-state index in [0.717, 1.165) is 17.5 Å². The zero-order valence-corrected chi connectivity index (χ0v) is 20.4. The van der Waals surface area contributed by atoms with Crippen LogP contribution in [0.2, 0.25) is 5.02 Å². The maximum atomic E-state index is 13.4. The molecule has 0 N–H and O–H groups in total. The van der Waals surface area contributed by atoms with E-state index >= 15 is 0 Å². The molecule has 0 aromatic heterocycles. The van der Waals surface area contributed by atoms with Crippen LogP contribution >= 0.6 is 11.6 Å². The number of carbonyl (C=O) groups excluding carboxylic acids is 2. The first-order chi connectivity index (χ1) is 16.2. The molecule has 1 aliphatic heterocycles. The van der Waals surface area contributed by atoms with Crippen LogP contribution in [-0.2, 0) is 27.6 Å². The first kappa shape index (κ1) is 24.0. The number of rotatable bonds is 7. The number of hydrogen-bond acceptors (Lipinski definition) is 5. The normalized spacial score (nSPS) is 13.9. The minimum Gasteiger partial charge on any atom is -0.451 e. The lowest BCUT2D eigenvalue weighted by Gasteiger charge is -2.21. The highest BCUT2D eigenvalue weighted by molar-refractivity contribution is 7.93. The molecule has 3 aromatic rings. The molecule has 0 spiro atoms. The third kappa shape index (κ3) is 4.58. The Bertz CT molecular complexity index is 1350. The van der Waals surface area contributed by atoms with Gasteiger partial charge >= 0.3 is 5.97 Å². The number of hydrogen-bond donors (Lipinski definition) is 0. The fourth-order valence-electron chi connectivity index (χ4n) is 3.93. The number of para-hydroxylation sites is 1. The molecular formula is C26H24ClNO5S. The molecule has 0 radical (unpaired) electrons. The average Bonchev–Trinajstić information content (AvgIpc) is 3.29. The number of ketones is 1. The molecule has 1 heterocycles. The molecule has 0 amide bonds. The van der Waals surface area contributed by atoms with E-state index in [0.29, 0.717) is 17.7 Å². The molecule has 34 heavy (non-hydrogen) atoms. The predicted molar refractivity (Wildman–Crippen MR) is 131 cm³/mol. The summed E-state index contributed by atoms with van der Waals surface area (Å²) in [7, 11) is -4.01. The molecule has 0 fully saturated rings. The van der Waals surface area contributed by atoms with E-state index in [-0.39, 0.29) is 27.8 Å². The number of sulfonamides is 1. The first-order valence-electron chi connectivity index (χ1n) is 11.0. The fourth-order valence-corrected chi connectivity index (χ4v) is 5.93. The van der Waals surface area contributed by atoms with E-state index in [2.05, 4.69) is 0 Å². The van der Waals surface area contributed by atoms with E-state index in [9.17, 15) is 18.0 Å². The van der Waals surface area contributed by atoms with Crippen LogP contribution in [-0.4, -0.2) is 32.8 Å². The monoisotopic (exact) mass is 497 g/mol. The van der Waals surface area contributed by atoms with Crippen molar-refractivity contribution >= 4 is 39.1 Å². The van der Waals surface area contributed by atoms with Crippen molar-refractivity contribution in [3.63, 3.8) is 0 Å². The van der Waals surface area contributed by atoms with Gasteiger partial charge in [-0.05, 0) is 55.2 Å². The number of fused-ring (bicyclic) bond motifs is 1. The maximum Gasteiger partial charge on any atom is 0.338 e. The Hall–Kier alpha value is -3.16. The number of benzene rings is 3. The summed E-state index contributed by atoms with van der Waals surface area (Å²) in [5, 5.41) is 0.000991. The van der Waals surface area contributed by atoms with Gasteiger partial charge in [-0.25, -0.2) is 13.2 Å². The summed E-state index contributed by atoms with van der Waals surface area (Å²) in [6, 6.07) is 18.3. The zero-order chi connectivity index (χ0) is 24.5. The molecule has 1 unspecified atom stereocenters. The quantitative estimate of drug-likeness (QED) is 0.336. The number of halogens is 1. The zero-order valence-electron chi connectivity index (χ0n) is 18.8. The Kier molecular flexibility index (Phi) is 6.77. The number of esters is 1. The molecule has 1 atom stereocenters. The van der Waals surface area contributed by atoms with Crippen LogP contribution < -0.4 is 4.31 Å². The van der Waals surface area contributed by atoms with E-state index in [4.69, 9.17) is 16.3 Å². The van der Waals surface area contributed by atoms with E-state index < -0.39 is 22.1 Å². The summed E-state index contributed by atoms with van der Waals surface area (Å²) in [6.07, 6.45) is 0.401. The number of nitrogens with zero attached hydrogens (tertiary/aromatic N) is 1. The van der Waals surface area contributed by atoms with Crippen molar-refractivity contribution in [3.8, 4) is 0 Å². The lowest BCUT2D eigenvalue weighted by atomic mass is 10.0. The van der Waals surface area contributed by atoms with Gasteiger partial charge in [0.15, 0.2) is 6.10 Å². The van der Waals surface area contributed by atoms with E-state index in [1.807, 2.05) is 31.2 Å². The largest absolute Gasteiger partial charge is 0.451 e. The minimum atomic E-state index is -4.01. The summed E-state index contributed by atoms with van der Waals surface area (Å²) in [5.74, 6) is -1.15. The maximum absolute atomic E-state index is 13.4. The van der Waals surface area contributed by atoms with Gasteiger partial charge in [-0.15, -0.1) is 0 Å². The average molecular weight is 498 g/mol. The first-order valence-corrected chi connectivity index (χ1v) is 12.8. The summed E-state index contributed by atoms with van der Waals surface area (Å²) in [6.45, 7) is 3.79. The number of anilines is 1. The van der Waals surface area contributed by atoms with Gasteiger partial charge in [-0.3, -0.25) is 9.10 Å². The van der Waals surface area contributed by atoms with Crippen LogP contribution in [0.3, 0.4) is 0 Å². The van der Waals surface area contributed by atoms with Crippen LogP contribution in [0.15, 0.2) is 71.6 Å². The van der Waals surface area contributed by atoms with Crippen molar-refractivity contribution in [1.82, 2.24) is 0 Å². The second-order valence-corrected chi connectivity index (χ2v) is 10.3. The fraction of sp³-hybridized carbons (Fsp3) is 0.231. The van der Waals surface area contributed by atoms with Crippen molar-refractivity contribution in [2.75, 3.05) is 10.8 Å². The highest BCUT2D eigenvalue weighted by Gasteiger charge is 2.33. The van der Waals surface area contributed by atoms with Crippen LogP contribution in [0, 0.1) is 0 Å². The molecule has 3 aromatic carbocycles. The number of aryl methyl sites for hydroxylation is 1. The van der Waals surface area contributed by atoms with Crippen molar-refractivity contribution in [2.24, 2.45) is 0 Å². The molecular weight excluding hydrogens is 474 g/mol. The molecule has 1 aliphatic rings. The molecule has 0 saturated carbocycles. The molecule has 8 heteroatoms. The van der Waals surface area contributed by atoms with Crippen LogP contribution in [0.1, 0.15) is 45.7 Å². The summed E-state index contributed by atoms with van der Waals surface area (Å²) >= 11 is 6.24. The van der Waals surface area contributed by atoms with Gasteiger partial charge in [0.1, 0.15) is 4.90 Å². The van der Waals surface area contributed by atoms with Gasteiger partial charge in [0.2, 0.25) is 5.78 Å². The molecule has 0 bridgehead atoms. The minimum absolute atomic E-state index is 0.000991. The highest BCUT2D eigenvalue weighted by Crippen LogP contribution is 2.35. The third-order valence-corrected chi connectivity index (χ3v) is 8.17. The lowest BCUT2D eigenvalue weighted by Crippen LogP contribution is -2.29. The molecule has 4 rings (SSSR count). The molecule has 176 valence electrons. The van der Waals surface area contributed by atoms with Gasteiger partial charge in [0.05, 0.1) is 16.3 Å². The third-order valence-electron chi connectivity index (χ3n) is 5.88. The number of carbonyl (C=O) groups is 2. The van der Waals surface area contributed by atoms with Gasteiger partial charge < -0.3 is 4.74 Å². The second kappa shape index (κ2) is 9.60. The molecule has 6 nitrogen and oxygen atoms in total. The summed E-state index contributed by atoms with van der Waals surface area (Å²) < 4.78 is 33.4. The second-order valence-electron chi connectivity index (χ2n) is 8.06. The SMILES string of the molecule is CCc1ccc(C(=O)C(C)OC(=O)c2ccc(Cl)c(S(=O)(=O)N3CCc4ccccc43)c2)cc1. The van der Waals surface area contributed by atoms with Crippen LogP contribution in [0.5, 0.6) is 0 Å². The Morgan fingerprint density at radius 1 is 1.03 bits per heavy atom. The Morgan fingerprint density at radius 3 is 2.41 bits per heavy atom. The Balaban J connectivity index is 1.55. The molecule has 0 saturated heterocycles. The van der Waals surface area contributed by atoms with Gasteiger partial charge in [0.25, 0.3) is 10.0 Å². The Labute approximate surface area is 204 Å². The number of ether oxygens (including phenoxy) is 1. The van der Waals surface area contributed by atoms with Crippen molar-refractivity contribution in [3.05, 3.63) is 94.0 Å². The van der Waals surface area contributed by atoms with Crippen molar-refractivity contribution in [2.45, 2.75) is 37.7 Å². The highest BCUT2D eigenvalue weighted by atomic mass is 35.5. The topological polar surface area (TPSA) is 80.8 Å². The van der Waals surface area contributed by atoms with Crippen LogP contribution in [0.4, 0.5) is 5.69 Å². The number of Topliss-reactive ketones (excluding diaryl/α,β-unsaturated/α-hetero) is 1. The Morgan fingerprint density at radius 2 is 1.71 bits per heavy atom. The smallest absolute Gasteiger partial charge is 0.338 e. The van der Waals surface area contributed by atoms with Gasteiger partial charge in [0, 0.05) is 12.1 Å². The van der Waals surface area contributed by atoms with Crippen molar-refractivity contribution in [1.29, 1.82) is 0 Å². The summed E-state index contributed by atoms with van der Waals surface area (Å²) in [4.78, 5) is 25.3.